The molecule has 11 rings (SSSR count). The molecule has 0 radical (unpaired) electrons. The Morgan fingerprint density at radius 2 is 1.53 bits per heavy atom. The molecular weight excluding hydrogens is 654 g/mol. The van der Waals surface area contributed by atoms with Crippen molar-refractivity contribution in [3.05, 3.63) is 71.8 Å². The molecule has 0 aliphatic carbocycles. The summed E-state index contributed by atoms with van der Waals surface area (Å²) in [6.45, 7) is 5.63. The topological polar surface area (TPSA) is 131 Å². The van der Waals surface area contributed by atoms with Crippen LogP contribution in [0.1, 0.15) is 35.2 Å². The first-order valence-corrected chi connectivity index (χ1v) is 17.4. The Balaban J connectivity index is 1.22. The van der Waals surface area contributed by atoms with Gasteiger partial charge in [0.05, 0.1) is 27.3 Å². The van der Waals surface area contributed by atoms with Crippen molar-refractivity contribution in [3.63, 3.8) is 0 Å². The van der Waals surface area contributed by atoms with E-state index >= 15 is 0 Å². The minimum atomic E-state index is -1.19. The van der Waals surface area contributed by atoms with Crippen molar-refractivity contribution in [2.75, 3.05) is 80.2 Å². The summed E-state index contributed by atoms with van der Waals surface area (Å²) in [6.07, 6.45) is 1.70. The number of carbonyl (C=O) groups is 3. The second-order valence-electron chi connectivity index (χ2n) is 13.1. The van der Waals surface area contributed by atoms with Crippen LogP contribution in [0, 0.1) is 0 Å². The lowest BCUT2D eigenvalue weighted by molar-refractivity contribution is -0.147. The van der Waals surface area contributed by atoms with Crippen molar-refractivity contribution in [3.8, 4) is 34.5 Å². The SMILES string of the molecule is COc1cc2ccc1Oc1ccc(cc1OC)C(=O)NCCOc1ccc(cc1)OC1(CCN(C(=O)CN3CCCN(C)CC3)CC1)C(=O)NC2. The van der Waals surface area contributed by atoms with E-state index in [4.69, 9.17) is 23.7 Å². The maximum Gasteiger partial charge on any atom is 0.264 e. The van der Waals surface area contributed by atoms with Crippen molar-refractivity contribution < 1.29 is 38.1 Å². The summed E-state index contributed by atoms with van der Waals surface area (Å²) in [5, 5.41) is 5.95. The van der Waals surface area contributed by atoms with Crippen LogP contribution < -0.4 is 34.3 Å². The molecule has 8 aliphatic rings. The molecular formula is C38H47N5O8. The first-order chi connectivity index (χ1) is 24.7. The number of rotatable bonds is 4. The number of nitrogens with zero attached hydrogens (tertiary/aromatic N) is 3. The minimum Gasteiger partial charge on any atom is -0.493 e. The van der Waals surface area contributed by atoms with Crippen molar-refractivity contribution >= 4 is 17.7 Å². The number of ether oxygens (including phenoxy) is 5. The van der Waals surface area contributed by atoms with Gasteiger partial charge in [0.25, 0.3) is 11.8 Å². The monoisotopic (exact) mass is 701 g/mol. The number of amides is 3. The highest BCUT2D eigenvalue weighted by atomic mass is 16.5. The van der Waals surface area contributed by atoms with Crippen LogP contribution in [0.2, 0.25) is 0 Å². The summed E-state index contributed by atoms with van der Waals surface area (Å²) in [5.74, 6) is 2.31. The van der Waals surface area contributed by atoms with E-state index in [1.54, 1.807) is 61.7 Å². The lowest BCUT2D eigenvalue weighted by Crippen LogP contribution is -2.58. The Morgan fingerprint density at radius 3 is 2.27 bits per heavy atom. The number of hydrogen-bond acceptors (Lipinski definition) is 10. The first-order valence-electron chi connectivity index (χ1n) is 17.4. The zero-order valence-electron chi connectivity index (χ0n) is 29.6. The van der Waals surface area contributed by atoms with Crippen molar-refractivity contribution in [2.45, 2.75) is 31.4 Å². The molecule has 3 aromatic carbocycles. The van der Waals surface area contributed by atoms with Gasteiger partial charge >= 0.3 is 0 Å². The number of carbonyl (C=O) groups excluding carboxylic acids is 3. The van der Waals surface area contributed by atoms with E-state index < -0.39 is 5.60 Å². The number of nitrogens with one attached hydrogen (secondary N) is 2. The summed E-state index contributed by atoms with van der Waals surface area (Å²) in [5.41, 5.74) is 0.00339. The average molecular weight is 702 g/mol. The third-order valence-corrected chi connectivity index (χ3v) is 9.63. The van der Waals surface area contributed by atoms with Gasteiger partial charge in [0.15, 0.2) is 28.6 Å². The normalized spacial score (nSPS) is 18.9. The van der Waals surface area contributed by atoms with E-state index in [0.29, 0.717) is 72.5 Å². The summed E-state index contributed by atoms with van der Waals surface area (Å²) in [6, 6.07) is 17.4. The lowest BCUT2D eigenvalue weighted by atomic mass is 9.89. The van der Waals surface area contributed by atoms with Gasteiger partial charge in [-0.15, -0.1) is 0 Å². The third-order valence-electron chi connectivity index (χ3n) is 9.63. The zero-order chi connectivity index (χ0) is 35.8. The molecule has 8 aliphatic heterocycles. The van der Waals surface area contributed by atoms with E-state index in [-0.39, 0.29) is 37.4 Å². The van der Waals surface area contributed by atoms with Gasteiger partial charge in [0, 0.05) is 51.1 Å². The van der Waals surface area contributed by atoms with E-state index in [1.165, 1.54) is 7.11 Å². The smallest absolute Gasteiger partial charge is 0.264 e. The summed E-state index contributed by atoms with van der Waals surface area (Å²) < 4.78 is 29.7. The number of likely N-dealkylation sites (N-methyl/N-ethyl adjacent to an activating group) is 1. The minimum absolute atomic E-state index is 0.0736. The molecule has 0 atom stereocenters. The number of piperidine rings is 1. The lowest BCUT2D eigenvalue weighted by Gasteiger charge is -2.41. The van der Waals surface area contributed by atoms with Gasteiger partial charge in [-0.05, 0) is 86.7 Å². The highest BCUT2D eigenvalue weighted by Gasteiger charge is 2.45. The summed E-state index contributed by atoms with van der Waals surface area (Å²) in [7, 11) is 5.16. The van der Waals surface area contributed by atoms with E-state index in [1.807, 2.05) is 11.0 Å². The Kier molecular flexibility index (Phi) is 11.5. The Hall–Kier alpha value is -5.01. The van der Waals surface area contributed by atoms with Crippen LogP contribution in [0.25, 0.3) is 0 Å². The first kappa shape index (κ1) is 35.8. The molecule has 51 heavy (non-hydrogen) atoms. The van der Waals surface area contributed by atoms with Crippen LogP contribution in [-0.4, -0.2) is 118 Å². The molecule has 1 spiro atoms. The predicted octanol–water partition coefficient (Wildman–Crippen LogP) is 3.31. The van der Waals surface area contributed by atoms with Crippen LogP contribution in [-0.2, 0) is 16.1 Å². The molecule has 272 valence electrons. The van der Waals surface area contributed by atoms with Gasteiger partial charge in [0.2, 0.25) is 5.91 Å². The molecule has 0 unspecified atom stereocenters. The molecule has 2 fully saturated rings. The van der Waals surface area contributed by atoms with E-state index in [9.17, 15) is 14.4 Å². The molecule has 0 saturated carbocycles. The number of hydrogen-bond donors (Lipinski definition) is 2. The summed E-state index contributed by atoms with van der Waals surface area (Å²) in [4.78, 5) is 46.7. The van der Waals surface area contributed by atoms with E-state index in [2.05, 4.69) is 27.5 Å². The number of benzene rings is 3. The van der Waals surface area contributed by atoms with Crippen molar-refractivity contribution in [2.24, 2.45) is 0 Å². The number of likely N-dealkylation sites (tertiary alicyclic amines) is 1. The largest absolute Gasteiger partial charge is 0.493 e. The molecule has 3 aromatic rings. The quantitative estimate of drug-likeness (QED) is 0.418. The highest BCUT2D eigenvalue weighted by molar-refractivity contribution is 5.95. The Morgan fingerprint density at radius 1 is 0.824 bits per heavy atom. The van der Waals surface area contributed by atoms with Gasteiger partial charge in [-0.2, -0.15) is 0 Å². The fraction of sp³-hybridized carbons (Fsp3) is 0.447. The van der Waals surface area contributed by atoms with E-state index in [0.717, 1.165) is 38.2 Å². The fourth-order valence-electron chi connectivity index (χ4n) is 6.57. The van der Waals surface area contributed by atoms with Crippen LogP contribution in [0.15, 0.2) is 60.7 Å². The zero-order valence-corrected chi connectivity index (χ0v) is 29.6. The van der Waals surface area contributed by atoms with Crippen molar-refractivity contribution in [1.29, 1.82) is 0 Å². The maximum atomic E-state index is 14.1. The fourth-order valence-corrected chi connectivity index (χ4v) is 6.57. The molecule has 3 amide bonds. The molecule has 13 nitrogen and oxygen atoms in total. The molecule has 6 bridgehead atoms. The number of methoxy groups -OCH3 is 2. The molecule has 2 saturated heterocycles. The van der Waals surface area contributed by atoms with Gasteiger partial charge in [0.1, 0.15) is 18.1 Å². The van der Waals surface area contributed by atoms with Gasteiger partial charge < -0.3 is 44.1 Å². The Labute approximate surface area is 298 Å². The average Bonchev–Trinajstić information content (AvgIpc) is 3.36. The van der Waals surface area contributed by atoms with Crippen molar-refractivity contribution in [1.82, 2.24) is 25.3 Å². The van der Waals surface area contributed by atoms with Gasteiger partial charge in [-0.25, -0.2) is 0 Å². The second-order valence-corrected chi connectivity index (χ2v) is 13.1. The third kappa shape index (κ3) is 8.84. The van der Waals surface area contributed by atoms with Gasteiger partial charge in [-0.1, -0.05) is 6.07 Å². The standard InChI is InChI=1S/C38H47N5O8/c1-41-16-4-17-42(21-20-41)26-35(44)43-18-13-38(14-19-43)37(46)40-25-27-5-11-31(33(23-27)47-2)50-32-12-6-28(24-34(32)48-3)36(45)39-15-22-49-29-7-9-30(51-38)10-8-29/h5-12,23-24H,4,13-22,25-26H2,1-3H3,(H,39,45)(H,40,46). The summed E-state index contributed by atoms with van der Waals surface area (Å²) >= 11 is 0. The van der Waals surface area contributed by atoms with Crippen LogP contribution >= 0.6 is 0 Å². The van der Waals surface area contributed by atoms with Crippen LogP contribution in [0.5, 0.6) is 34.5 Å². The molecule has 13 heteroatoms. The predicted molar refractivity (Wildman–Crippen MR) is 190 cm³/mol. The van der Waals surface area contributed by atoms with Gasteiger partial charge in [-0.3, -0.25) is 19.3 Å². The highest BCUT2D eigenvalue weighted by Crippen LogP contribution is 2.38. The second kappa shape index (κ2) is 16.3. The molecule has 0 aromatic heterocycles. The Bertz CT molecular complexity index is 1690. The molecule has 8 heterocycles. The van der Waals surface area contributed by atoms with Crippen LogP contribution in [0.4, 0.5) is 0 Å². The maximum absolute atomic E-state index is 14.1. The molecule has 2 N–H and O–H groups in total. The van der Waals surface area contributed by atoms with Crippen LogP contribution in [0.3, 0.4) is 0 Å².